The highest BCUT2D eigenvalue weighted by Gasteiger charge is 2.41. The van der Waals surface area contributed by atoms with Crippen molar-refractivity contribution in [1.82, 2.24) is 4.31 Å². The lowest BCUT2D eigenvalue weighted by Crippen LogP contribution is -2.40. The van der Waals surface area contributed by atoms with E-state index in [1.807, 2.05) is 6.92 Å². The zero-order chi connectivity index (χ0) is 11.8. The molecule has 2 aliphatic rings. The molecule has 2 N–H and O–H groups in total. The van der Waals surface area contributed by atoms with E-state index in [0.29, 0.717) is 19.0 Å². The summed E-state index contributed by atoms with van der Waals surface area (Å²) in [7, 11) is -3.05. The molecule has 1 aliphatic heterocycles. The maximum Gasteiger partial charge on any atom is 0.217 e. The van der Waals surface area contributed by atoms with Gasteiger partial charge in [0.05, 0.1) is 5.25 Å². The van der Waals surface area contributed by atoms with Gasteiger partial charge in [0.25, 0.3) is 0 Å². The zero-order valence-electron chi connectivity index (χ0n) is 9.93. The lowest BCUT2D eigenvalue weighted by molar-refractivity contribution is 0.397. The Morgan fingerprint density at radius 1 is 1.31 bits per heavy atom. The summed E-state index contributed by atoms with van der Waals surface area (Å²) >= 11 is 0. The highest BCUT2D eigenvalue weighted by molar-refractivity contribution is 7.89. The standard InChI is InChI=1S/C11H22N2O2S/c1-9-6-10(7-12)8-13(9)16(14,15)11-4-2-3-5-11/h9-11H,2-8,12H2,1H3. The van der Waals surface area contributed by atoms with Gasteiger partial charge in [0, 0.05) is 12.6 Å². The molecule has 4 nitrogen and oxygen atoms in total. The van der Waals surface area contributed by atoms with Crippen LogP contribution in [0.3, 0.4) is 0 Å². The van der Waals surface area contributed by atoms with Crippen molar-refractivity contribution in [3.63, 3.8) is 0 Å². The molecule has 2 fully saturated rings. The van der Waals surface area contributed by atoms with Crippen molar-refractivity contribution in [2.75, 3.05) is 13.1 Å². The number of hydrogen-bond donors (Lipinski definition) is 1. The minimum Gasteiger partial charge on any atom is -0.330 e. The Bertz CT molecular complexity index is 336. The molecule has 0 aromatic heterocycles. The third-order valence-corrected chi connectivity index (χ3v) is 6.46. The van der Waals surface area contributed by atoms with Crippen LogP contribution in [0.2, 0.25) is 0 Å². The largest absolute Gasteiger partial charge is 0.330 e. The van der Waals surface area contributed by atoms with Gasteiger partial charge in [-0.3, -0.25) is 0 Å². The van der Waals surface area contributed by atoms with Gasteiger partial charge in [-0.2, -0.15) is 4.31 Å². The van der Waals surface area contributed by atoms with Crippen molar-refractivity contribution < 1.29 is 8.42 Å². The molecule has 5 heteroatoms. The Labute approximate surface area is 98.2 Å². The fourth-order valence-corrected chi connectivity index (χ4v) is 5.33. The predicted molar refractivity (Wildman–Crippen MR) is 64.5 cm³/mol. The summed E-state index contributed by atoms with van der Waals surface area (Å²) in [6, 6.07) is 0.138. The molecule has 2 atom stereocenters. The van der Waals surface area contributed by atoms with E-state index in [9.17, 15) is 8.42 Å². The van der Waals surface area contributed by atoms with Crippen molar-refractivity contribution in [1.29, 1.82) is 0 Å². The Morgan fingerprint density at radius 3 is 2.44 bits per heavy atom. The van der Waals surface area contributed by atoms with E-state index in [1.165, 1.54) is 0 Å². The quantitative estimate of drug-likeness (QED) is 0.805. The van der Waals surface area contributed by atoms with Crippen molar-refractivity contribution in [2.45, 2.75) is 50.3 Å². The molecule has 0 aromatic carbocycles. The average molecular weight is 246 g/mol. The van der Waals surface area contributed by atoms with Crippen LogP contribution in [0.25, 0.3) is 0 Å². The van der Waals surface area contributed by atoms with Gasteiger partial charge in [-0.1, -0.05) is 12.8 Å². The van der Waals surface area contributed by atoms with Gasteiger partial charge in [-0.25, -0.2) is 8.42 Å². The Morgan fingerprint density at radius 2 is 1.94 bits per heavy atom. The smallest absolute Gasteiger partial charge is 0.217 e. The molecule has 2 rings (SSSR count). The first-order valence-electron chi connectivity index (χ1n) is 6.26. The van der Waals surface area contributed by atoms with Gasteiger partial charge in [-0.05, 0) is 38.6 Å². The van der Waals surface area contributed by atoms with E-state index in [4.69, 9.17) is 5.73 Å². The first-order valence-corrected chi connectivity index (χ1v) is 7.76. The molecular formula is C11H22N2O2S. The van der Waals surface area contributed by atoms with E-state index in [1.54, 1.807) is 4.31 Å². The van der Waals surface area contributed by atoms with Gasteiger partial charge in [0.1, 0.15) is 0 Å². The summed E-state index contributed by atoms with van der Waals surface area (Å²) in [5.41, 5.74) is 5.63. The number of sulfonamides is 1. The van der Waals surface area contributed by atoms with Crippen molar-refractivity contribution in [3.8, 4) is 0 Å². The van der Waals surface area contributed by atoms with Gasteiger partial charge in [-0.15, -0.1) is 0 Å². The van der Waals surface area contributed by atoms with E-state index in [-0.39, 0.29) is 11.3 Å². The van der Waals surface area contributed by atoms with Crippen LogP contribution in [0.4, 0.5) is 0 Å². The molecule has 0 radical (unpaired) electrons. The molecule has 1 aliphatic carbocycles. The van der Waals surface area contributed by atoms with E-state index in [2.05, 4.69) is 0 Å². The van der Waals surface area contributed by atoms with Gasteiger partial charge in [0.2, 0.25) is 10.0 Å². The lowest BCUT2D eigenvalue weighted by atomic mass is 10.1. The molecule has 1 saturated heterocycles. The van der Waals surface area contributed by atoms with Crippen molar-refractivity contribution >= 4 is 10.0 Å². The van der Waals surface area contributed by atoms with Gasteiger partial charge < -0.3 is 5.73 Å². The minimum absolute atomic E-state index is 0.119. The molecule has 0 aromatic rings. The lowest BCUT2D eigenvalue weighted by Gasteiger charge is -2.24. The van der Waals surface area contributed by atoms with E-state index < -0.39 is 10.0 Å². The van der Waals surface area contributed by atoms with Crippen LogP contribution >= 0.6 is 0 Å². The second kappa shape index (κ2) is 4.63. The zero-order valence-corrected chi connectivity index (χ0v) is 10.7. The summed E-state index contributed by atoms with van der Waals surface area (Å²) in [5, 5.41) is -0.119. The summed E-state index contributed by atoms with van der Waals surface area (Å²) in [5.74, 6) is 0.353. The minimum atomic E-state index is -3.05. The molecule has 1 heterocycles. The van der Waals surface area contributed by atoms with Gasteiger partial charge >= 0.3 is 0 Å². The maximum atomic E-state index is 12.4. The van der Waals surface area contributed by atoms with Crippen molar-refractivity contribution in [2.24, 2.45) is 11.7 Å². The highest BCUT2D eigenvalue weighted by Crippen LogP contribution is 2.32. The number of rotatable bonds is 3. The Kier molecular flexibility index (Phi) is 3.56. The second-order valence-corrected chi connectivity index (χ2v) is 7.37. The second-order valence-electron chi connectivity index (χ2n) is 5.21. The summed E-state index contributed by atoms with van der Waals surface area (Å²) in [6.45, 7) is 3.24. The molecule has 16 heavy (non-hydrogen) atoms. The van der Waals surface area contributed by atoms with Crippen LogP contribution in [-0.4, -0.2) is 37.1 Å². The van der Waals surface area contributed by atoms with E-state index in [0.717, 1.165) is 32.1 Å². The van der Waals surface area contributed by atoms with Crippen LogP contribution < -0.4 is 5.73 Å². The van der Waals surface area contributed by atoms with Crippen LogP contribution in [-0.2, 0) is 10.0 Å². The molecule has 0 bridgehead atoms. The van der Waals surface area contributed by atoms with Crippen LogP contribution in [0.15, 0.2) is 0 Å². The van der Waals surface area contributed by atoms with Crippen LogP contribution in [0.1, 0.15) is 39.0 Å². The van der Waals surface area contributed by atoms with Crippen molar-refractivity contribution in [3.05, 3.63) is 0 Å². The molecule has 0 spiro atoms. The Balaban J connectivity index is 2.11. The number of nitrogens with zero attached hydrogens (tertiary/aromatic N) is 1. The fraction of sp³-hybridized carbons (Fsp3) is 1.00. The first kappa shape index (κ1) is 12.3. The molecular weight excluding hydrogens is 224 g/mol. The fourth-order valence-electron chi connectivity index (χ4n) is 3.01. The Hall–Kier alpha value is -0.130. The highest BCUT2D eigenvalue weighted by atomic mass is 32.2. The first-order chi connectivity index (χ1) is 7.55. The van der Waals surface area contributed by atoms with Crippen LogP contribution in [0, 0.1) is 5.92 Å². The topological polar surface area (TPSA) is 63.4 Å². The summed E-state index contributed by atoms with van der Waals surface area (Å²) in [4.78, 5) is 0. The molecule has 0 amide bonds. The third kappa shape index (κ3) is 2.13. The average Bonchev–Trinajstić information content (AvgIpc) is 2.85. The molecule has 2 unspecified atom stereocenters. The predicted octanol–water partition coefficient (Wildman–Crippen LogP) is 0.928. The molecule has 94 valence electrons. The summed E-state index contributed by atoms with van der Waals surface area (Å²) < 4.78 is 26.5. The number of hydrogen-bond acceptors (Lipinski definition) is 3. The SMILES string of the molecule is CC1CC(CN)CN1S(=O)(=O)C1CCCC1. The van der Waals surface area contributed by atoms with E-state index >= 15 is 0 Å². The normalized spacial score (nSPS) is 33.6. The maximum absolute atomic E-state index is 12.4. The van der Waals surface area contributed by atoms with Gasteiger partial charge in [0.15, 0.2) is 0 Å². The molecule has 1 saturated carbocycles. The third-order valence-electron chi connectivity index (χ3n) is 3.99. The summed E-state index contributed by atoms with van der Waals surface area (Å²) in [6.07, 6.45) is 4.74. The monoisotopic (exact) mass is 246 g/mol. The van der Waals surface area contributed by atoms with Crippen LogP contribution in [0.5, 0.6) is 0 Å². The number of nitrogens with two attached hydrogens (primary N) is 1.